The standard InChI is InChI=1S/CH2O3.Mn.H2O.3O/c2-1(3)4;;;;;/h(H2,2,3,4);;1H2;;;/q;+1;;;;/p-1. The van der Waals surface area contributed by atoms with E-state index in [1.165, 1.54) is 0 Å². The van der Waals surface area contributed by atoms with Gasteiger partial charge in [-0.05, 0) is 0 Å². The normalized spacial score (nSPS) is 9.00. The average Bonchev–Trinajstić information content (AvgIpc) is 1.19. The maximum atomic E-state index is 8.69. The molecule has 8 heteroatoms. The van der Waals surface area contributed by atoms with Gasteiger partial charge in [-0.15, -0.1) is 0 Å². The van der Waals surface area contributed by atoms with Crippen LogP contribution in [0.15, 0.2) is 0 Å². The average molecular weight is 182 g/mol. The molecule has 0 saturated carbocycles. The first-order valence-corrected chi connectivity index (χ1v) is 3.26. The van der Waals surface area contributed by atoms with Crippen molar-refractivity contribution < 1.29 is 43.7 Å². The van der Waals surface area contributed by atoms with Crippen molar-refractivity contribution >= 4 is 6.16 Å². The van der Waals surface area contributed by atoms with Crippen LogP contribution >= 0.6 is 0 Å². The molecule has 0 aromatic heterocycles. The molecule has 0 fully saturated rings. The number of hydrogen-bond donors (Lipinski definition) is 3. The summed E-state index contributed by atoms with van der Waals surface area (Å²) < 4.78 is 33.1. The minimum absolute atomic E-state index is 1.83. The third kappa shape index (κ3) is 262. The molecular formula is CH3MnO7. The van der Waals surface area contributed by atoms with Crippen molar-refractivity contribution in [3.8, 4) is 0 Å². The summed E-state index contributed by atoms with van der Waals surface area (Å²) in [6.45, 7) is 0. The molecule has 0 bridgehead atoms. The van der Waals surface area contributed by atoms with E-state index in [1.54, 1.807) is 0 Å². The predicted octanol–water partition coefficient (Wildman–Crippen LogP) is -0.694. The SMILES string of the molecule is O=C(O)O.[O]=[Mn](=[O])(=[O])[OH]. The van der Waals surface area contributed by atoms with E-state index in [2.05, 4.69) is 0 Å². The molecule has 0 aliphatic rings. The predicted molar refractivity (Wildman–Crippen MR) is 14.9 cm³/mol. The van der Waals surface area contributed by atoms with Crippen LogP contribution in [0.4, 0.5) is 4.79 Å². The van der Waals surface area contributed by atoms with Gasteiger partial charge in [0.05, 0.1) is 0 Å². The Bertz CT molecular complexity index is 194. The van der Waals surface area contributed by atoms with Gasteiger partial charge < -0.3 is 10.2 Å². The summed E-state index contributed by atoms with van der Waals surface area (Å²) in [6, 6.07) is 0. The van der Waals surface area contributed by atoms with E-state index in [9.17, 15) is 0 Å². The van der Waals surface area contributed by atoms with Gasteiger partial charge >= 0.3 is 34.8 Å². The molecular weight excluding hydrogens is 179 g/mol. The monoisotopic (exact) mass is 182 g/mol. The van der Waals surface area contributed by atoms with Gasteiger partial charge in [0.15, 0.2) is 0 Å². The van der Waals surface area contributed by atoms with E-state index in [0.29, 0.717) is 0 Å². The molecule has 0 spiro atoms. The molecule has 56 valence electrons. The first-order chi connectivity index (χ1) is 3.73. The van der Waals surface area contributed by atoms with Crippen LogP contribution in [0, 0.1) is 0 Å². The Hall–Kier alpha value is -0.851. The van der Waals surface area contributed by atoms with E-state index in [-0.39, 0.29) is 0 Å². The fraction of sp³-hybridized carbons (Fsp3) is 0. The first kappa shape index (κ1) is 11.0. The summed E-state index contributed by atoms with van der Waals surface area (Å²) >= 11 is -5.38. The first-order valence-electron chi connectivity index (χ1n) is 1.28. The molecule has 7 nitrogen and oxygen atoms in total. The quantitative estimate of drug-likeness (QED) is 0.422. The van der Waals surface area contributed by atoms with E-state index in [4.69, 9.17) is 30.7 Å². The van der Waals surface area contributed by atoms with Crippen LogP contribution in [0.2, 0.25) is 0 Å². The Morgan fingerprint density at radius 3 is 1.11 bits per heavy atom. The van der Waals surface area contributed by atoms with Crippen LogP contribution < -0.4 is 0 Å². The molecule has 0 aliphatic heterocycles. The summed E-state index contributed by atoms with van der Waals surface area (Å²) in [5, 5.41) is 13.9. The number of rotatable bonds is 0. The van der Waals surface area contributed by atoms with Crippen LogP contribution in [-0.4, -0.2) is 20.6 Å². The fourth-order valence-electron chi connectivity index (χ4n) is 0. The topological polar surface area (TPSA) is 129 Å². The van der Waals surface area contributed by atoms with Crippen LogP contribution in [-0.2, 0) is 24.5 Å². The third-order valence-electron chi connectivity index (χ3n) is 0. The summed E-state index contributed by atoms with van der Waals surface area (Å²) in [6.07, 6.45) is -1.83. The molecule has 0 unspecified atom stereocenters. The molecule has 3 N–H and O–H groups in total. The Kier molecular flexibility index (Phi) is 4.98. The molecule has 0 aliphatic carbocycles. The second-order valence-corrected chi connectivity index (χ2v) is 1.92. The number of hydrogen-bond acceptors (Lipinski definition) is 4. The van der Waals surface area contributed by atoms with Crippen LogP contribution in [0.25, 0.3) is 0 Å². The second-order valence-electron chi connectivity index (χ2n) is 0.679. The molecule has 0 saturated heterocycles. The molecule has 0 radical (unpaired) electrons. The van der Waals surface area contributed by atoms with Gasteiger partial charge in [0.25, 0.3) is 0 Å². The van der Waals surface area contributed by atoms with Gasteiger partial charge in [-0.25, -0.2) is 4.79 Å². The molecule has 0 amide bonds. The van der Waals surface area contributed by atoms with Gasteiger partial charge in [-0.2, -0.15) is 0 Å². The number of carboxylic acid groups (broad SMARTS) is 2. The summed E-state index contributed by atoms with van der Waals surface area (Å²) in [7, 11) is 0. The van der Waals surface area contributed by atoms with Crippen molar-refractivity contribution in [1.82, 2.24) is 0 Å². The summed E-state index contributed by atoms with van der Waals surface area (Å²) in [4.78, 5) is 8.56. The van der Waals surface area contributed by atoms with Gasteiger partial charge in [0.1, 0.15) is 0 Å². The van der Waals surface area contributed by atoms with Crippen molar-refractivity contribution in [3.05, 3.63) is 0 Å². The zero-order valence-electron chi connectivity index (χ0n) is 3.85. The second kappa shape index (κ2) is 4.07. The Labute approximate surface area is 50.7 Å². The Balaban J connectivity index is 0. The summed E-state index contributed by atoms with van der Waals surface area (Å²) in [5.41, 5.74) is 0. The fourth-order valence-corrected chi connectivity index (χ4v) is 0. The van der Waals surface area contributed by atoms with E-state index < -0.39 is 19.1 Å². The van der Waals surface area contributed by atoms with Crippen LogP contribution in [0.1, 0.15) is 0 Å². The Morgan fingerprint density at radius 2 is 1.11 bits per heavy atom. The van der Waals surface area contributed by atoms with E-state index >= 15 is 0 Å². The zero-order valence-corrected chi connectivity index (χ0v) is 5.03. The molecule has 0 aromatic carbocycles. The van der Waals surface area contributed by atoms with Gasteiger partial charge in [-0.1, -0.05) is 0 Å². The molecule has 0 atom stereocenters. The molecule has 0 rings (SSSR count). The van der Waals surface area contributed by atoms with Crippen molar-refractivity contribution in [2.45, 2.75) is 0 Å². The molecule has 0 heterocycles. The van der Waals surface area contributed by atoms with E-state index in [0.717, 1.165) is 0 Å². The van der Waals surface area contributed by atoms with Crippen molar-refractivity contribution in [3.63, 3.8) is 0 Å². The number of carbonyl (C=O) groups is 1. The minimum atomic E-state index is -5.38. The van der Waals surface area contributed by atoms with Gasteiger partial charge in [-0.3, -0.25) is 0 Å². The van der Waals surface area contributed by atoms with Gasteiger partial charge in [0, 0.05) is 0 Å². The van der Waals surface area contributed by atoms with Crippen molar-refractivity contribution in [1.29, 1.82) is 0 Å². The van der Waals surface area contributed by atoms with Crippen LogP contribution in [0.3, 0.4) is 0 Å². The molecule has 9 heavy (non-hydrogen) atoms. The summed E-state index contributed by atoms with van der Waals surface area (Å²) in [5.74, 6) is 0. The van der Waals surface area contributed by atoms with Crippen LogP contribution in [0.5, 0.6) is 0 Å². The maximum absolute atomic E-state index is 8.69. The van der Waals surface area contributed by atoms with Crippen molar-refractivity contribution in [2.24, 2.45) is 0 Å². The van der Waals surface area contributed by atoms with Gasteiger partial charge in [0.2, 0.25) is 0 Å². The van der Waals surface area contributed by atoms with E-state index in [1.807, 2.05) is 0 Å². The third-order valence-corrected chi connectivity index (χ3v) is 0. The Morgan fingerprint density at radius 1 is 1.11 bits per heavy atom. The zero-order chi connectivity index (χ0) is 8.08. The van der Waals surface area contributed by atoms with Crippen molar-refractivity contribution in [2.75, 3.05) is 0 Å². The molecule has 0 aromatic rings.